The lowest BCUT2D eigenvalue weighted by atomic mass is 9.86. The van der Waals surface area contributed by atoms with Crippen molar-refractivity contribution in [3.05, 3.63) is 24.2 Å². The van der Waals surface area contributed by atoms with E-state index in [0.717, 1.165) is 25.4 Å². The fourth-order valence-corrected chi connectivity index (χ4v) is 3.42. The Labute approximate surface area is 110 Å². The van der Waals surface area contributed by atoms with Crippen molar-refractivity contribution >= 4 is 0 Å². The largest absolute Gasteiger partial charge is 0.468 e. The summed E-state index contributed by atoms with van der Waals surface area (Å²) in [5, 5.41) is 0. The highest BCUT2D eigenvalue weighted by molar-refractivity contribution is 5.05. The molecule has 3 heteroatoms. The average Bonchev–Trinajstić information content (AvgIpc) is 2.94. The highest BCUT2D eigenvalue weighted by Gasteiger charge is 2.45. The normalized spacial score (nSPS) is 26.9. The van der Waals surface area contributed by atoms with Gasteiger partial charge in [0.25, 0.3) is 0 Å². The molecule has 1 unspecified atom stereocenters. The summed E-state index contributed by atoms with van der Waals surface area (Å²) < 4.78 is 5.48. The molecule has 2 N–H and O–H groups in total. The van der Waals surface area contributed by atoms with Crippen molar-refractivity contribution in [1.82, 2.24) is 4.90 Å². The Morgan fingerprint density at radius 2 is 2.17 bits per heavy atom. The number of hydrogen-bond acceptors (Lipinski definition) is 3. The first kappa shape index (κ1) is 13.6. The van der Waals surface area contributed by atoms with Gasteiger partial charge in [0.2, 0.25) is 0 Å². The Hall–Kier alpha value is -0.800. The first-order chi connectivity index (χ1) is 8.51. The molecule has 1 aromatic heterocycles. The van der Waals surface area contributed by atoms with Gasteiger partial charge in [0, 0.05) is 12.1 Å². The van der Waals surface area contributed by atoms with Gasteiger partial charge in [-0.25, -0.2) is 0 Å². The molecular weight excluding hydrogens is 224 g/mol. The van der Waals surface area contributed by atoms with E-state index in [1.807, 2.05) is 12.1 Å². The molecule has 1 heterocycles. The quantitative estimate of drug-likeness (QED) is 0.873. The third kappa shape index (κ3) is 2.62. The van der Waals surface area contributed by atoms with Crippen LogP contribution in [0, 0.1) is 5.41 Å². The summed E-state index contributed by atoms with van der Waals surface area (Å²) in [4.78, 5) is 2.50. The van der Waals surface area contributed by atoms with E-state index in [-0.39, 0.29) is 5.54 Å². The number of nitrogens with two attached hydrogens (primary N) is 1. The highest BCUT2D eigenvalue weighted by Crippen LogP contribution is 2.46. The summed E-state index contributed by atoms with van der Waals surface area (Å²) in [6.07, 6.45) is 5.39. The molecule has 0 aliphatic heterocycles. The summed E-state index contributed by atoms with van der Waals surface area (Å²) >= 11 is 0. The Kier molecular flexibility index (Phi) is 3.83. The molecule has 0 amide bonds. The molecule has 1 aliphatic carbocycles. The van der Waals surface area contributed by atoms with Crippen molar-refractivity contribution in [3.63, 3.8) is 0 Å². The van der Waals surface area contributed by atoms with Crippen LogP contribution < -0.4 is 5.73 Å². The van der Waals surface area contributed by atoms with E-state index in [0.29, 0.717) is 5.41 Å². The molecule has 18 heavy (non-hydrogen) atoms. The van der Waals surface area contributed by atoms with Crippen molar-refractivity contribution in [2.75, 3.05) is 13.1 Å². The average molecular weight is 250 g/mol. The van der Waals surface area contributed by atoms with E-state index >= 15 is 0 Å². The fraction of sp³-hybridized carbons (Fsp3) is 0.733. The van der Waals surface area contributed by atoms with Crippen molar-refractivity contribution in [3.8, 4) is 0 Å². The molecule has 1 fully saturated rings. The van der Waals surface area contributed by atoms with E-state index in [2.05, 4.69) is 25.7 Å². The molecule has 0 bridgehead atoms. The minimum Gasteiger partial charge on any atom is -0.468 e. The van der Waals surface area contributed by atoms with E-state index in [1.165, 1.54) is 19.3 Å². The SMILES string of the molecule is CCN(Cc1ccco1)C1(CN)CCC(C)(C)C1. The zero-order chi connectivity index (χ0) is 13.2. The van der Waals surface area contributed by atoms with E-state index in [9.17, 15) is 0 Å². The van der Waals surface area contributed by atoms with Gasteiger partial charge in [0.05, 0.1) is 12.8 Å². The second kappa shape index (κ2) is 5.06. The Bertz CT molecular complexity index is 372. The van der Waals surface area contributed by atoms with E-state index in [4.69, 9.17) is 10.2 Å². The zero-order valence-electron chi connectivity index (χ0n) is 11.9. The van der Waals surface area contributed by atoms with Gasteiger partial charge in [-0.05, 0) is 43.4 Å². The van der Waals surface area contributed by atoms with Gasteiger partial charge in [0.15, 0.2) is 0 Å². The van der Waals surface area contributed by atoms with Crippen LogP contribution in [0.3, 0.4) is 0 Å². The molecule has 3 nitrogen and oxygen atoms in total. The van der Waals surface area contributed by atoms with Gasteiger partial charge >= 0.3 is 0 Å². The van der Waals surface area contributed by atoms with E-state index in [1.54, 1.807) is 6.26 Å². The van der Waals surface area contributed by atoms with Crippen LogP contribution in [0.4, 0.5) is 0 Å². The number of likely N-dealkylation sites (N-methyl/N-ethyl adjacent to an activating group) is 1. The predicted molar refractivity (Wildman–Crippen MR) is 74.2 cm³/mol. The molecule has 0 spiro atoms. The Morgan fingerprint density at radius 3 is 2.61 bits per heavy atom. The van der Waals surface area contributed by atoms with Crippen LogP contribution in [0.5, 0.6) is 0 Å². The first-order valence-corrected chi connectivity index (χ1v) is 6.99. The molecule has 2 rings (SSSR count). The molecule has 1 saturated carbocycles. The first-order valence-electron chi connectivity index (χ1n) is 6.99. The molecule has 0 radical (unpaired) electrons. The van der Waals surface area contributed by atoms with Gasteiger partial charge in [0.1, 0.15) is 5.76 Å². The molecule has 1 aliphatic rings. The summed E-state index contributed by atoms with van der Waals surface area (Å²) in [5.41, 5.74) is 6.69. The lowest BCUT2D eigenvalue weighted by molar-refractivity contribution is 0.0792. The fourth-order valence-electron chi connectivity index (χ4n) is 3.42. The van der Waals surface area contributed by atoms with Gasteiger partial charge in [-0.1, -0.05) is 20.8 Å². The topological polar surface area (TPSA) is 42.4 Å². The lowest BCUT2D eigenvalue weighted by Crippen LogP contribution is -2.52. The predicted octanol–water partition coefficient (Wildman–Crippen LogP) is 3.01. The third-order valence-corrected chi connectivity index (χ3v) is 4.43. The number of hydrogen-bond donors (Lipinski definition) is 1. The number of nitrogens with zero attached hydrogens (tertiary/aromatic N) is 1. The Balaban J connectivity index is 2.14. The second-order valence-electron chi connectivity index (χ2n) is 6.36. The second-order valence-corrected chi connectivity index (χ2v) is 6.36. The van der Waals surface area contributed by atoms with Crippen molar-refractivity contribution in [2.45, 2.75) is 52.1 Å². The minimum absolute atomic E-state index is 0.158. The smallest absolute Gasteiger partial charge is 0.117 e. The summed E-state index contributed by atoms with van der Waals surface area (Å²) in [7, 11) is 0. The molecule has 0 aromatic carbocycles. The molecular formula is C15H26N2O. The highest BCUT2D eigenvalue weighted by atomic mass is 16.3. The molecule has 102 valence electrons. The van der Waals surface area contributed by atoms with Crippen LogP contribution in [-0.4, -0.2) is 23.5 Å². The van der Waals surface area contributed by atoms with Crippen LogP contribution in [0.15, 0.2) is 22.8 Å². The summed E-state index contributed by atoms with van der Waals surface area (Å²) in [6.45, 7) is 9.55. The maximum absolute atomic E-state index is 6.12. The van der Waals surface area contributed by atoms with Gasteiger partial charge in [-0.15, -0.1) is 0 Å². The summed E-state index contributed by atoms with van der Waals surface area (Å²) in [5.74, 6) is 1.04. The van der Waals surface area contributed by atoms with Crippen molar-refractivity contribution in [2.24, 2.45) is 11.1 Å². The van der Waals surface area contributed by atoms with Crippen LogP contribution in [0.2, 0.25) is 0 Å². The molecule has 1 atom stereocenters. The van der Waals surface area contributed by atoms with Gasteiger partial charge < -0.3 is 10.2 Å². The number of rotatable bonds is 5. The van der Waals surface area contributed by atoms with Crippen LogP contribution in [-0.2, 0) is 6.54 Å². The lowest BCUT2D eigenvalue weighted by Gasteiger charge is -2.40. The van der Waals surface area contributed by atoms with Crippen molar-refractivity contribution < 1.29 is 4.42 Å². The van der Waals surface area contributed by atoms with Gasteiger partial charge in [-0.2, -0.15) is 0 Å². The van der Waals surface area contributed by atoms with Crippen molar-refractivity contribution in [1.29, 1.82) is 0 Å². The van der Waals surface area contributed by atoms with Gasteiger partial charge in [-0.3, -0.25) is 4.90 Å². The molecule has 0 saturated heterocycles. The molecule has 1 aromatic rings. The third-order valence-electron chi connectivity index (χ3n) is 4.43. The maximum Gasteiger partial charge on any atom is 0.117 e. The summed E-state index contributed by atoms with van der Waals surface area (Å²) in [6, 6.07) is 4.00. The monoisotopic (exact) mass is 250 g/mol. The standard InChI is InChI=1S/C15H26N2O/c1-4-17(10-13-6-5-9-18-13)15(12-16)8-7-14(2,3)11-15/h5-6,9H,4,7-8,10-12,16H2,1-3H3. The minimum atomic E-state index is 0.158. The van der Waals surface area contributed by atoms with Crippen LogP contribution in [0.25, 0.3) is 0 Å². The zero-order valence-corrected chi connectivity index (χ0v) is 11.9. The van der Waals surface area contributed by atoms with Crippen LogP contribution in [0.1, 0.15) is 45.8 Å². The Morgan fingerprint density at radius 1 is 1.39 bits per heavy atom. The maximum atomic E-state index is 6.12. The van der Waals surface area contributed by atoms with Crippen LogP contribution >= 0.6 is 0 Å². The van der Waals surface area contributed by atoms with E-state index < -0.39 is 0 Å². The number of furan rings is 1.